The van der Waals surface area contributed by atoms with Gasteiger partial charge in [-0.3, -0.25) is 4.79 Å². The molecule has 162 valence electrons. The highest BCUT2D eigenvalue weighted by atomic mass is 19.1. The Labute approximate surface area is 181 Å². The van der Waals surface area contributed by atoms with Crippen LogP contribution >= 0.6 is 0 Å². The minimum atomic E-state index is -0.265. The molecule has 3 fully saturated rings. The maximum absolute atomic E-state index is 15.2. The summed E-state index contributed by atoms with van der Waals surface area (Å²) in [5, 5.41) is 16.0. The van der Waals surface area contributed by atoms with Crippen LogP contribution in [-0.4, -0.2) is 31.6 Å². The third-order valence-corrected chi connectivity index (χ3v) is 6.00. The van der Waals surface area contributed by atoms with Gasteiger partial charge in [0.05, 0.1) is 17.6 Å². The first kappa shape index (κ1) is 19.9. The van der Waals surface area contributed by atoms with Crippen molar-refractivity contribution in [2.45, 2.75) is 37.6 Å². The molecule has 6 nitrogen and oxygen atoms in total. The Bertz CT molecular complexity index is 1000. The van der Waals surface area contributed by atoms with Crippen LogP contribution in [0.2, 0.25) is 0 Å². The lowest BCUT2D eigenvalue weighted by molar-refractivity contribution is -0.117. The molecular formula is C24H28FN5O. The van der Waals surface area contributed by atoms with Crippen molar-refractivity contribution in [2.75, 3.05) is 30.3 Å². The first-order chi connectivity index (χ1) is 15.2. The van der Waals surface area contributed by atoms with E-state index in [0.29, 0.717) is 17.3 Å². The predicted octanol–water partition coefficient (Wildman–Crippen LogP) is 3.63. The largest absolute Gasteiger partial charge is 0.370 e. The van der Waals surface area contributed by atoms with E-state index >= 15 is 4.39 Å². The normalized spacial score (nSPS) is 20.2. The summed E-state index contributed by atoms with van der Waals surface area (Å²) in [6.07, 6.45) is 5.98. The summed E-state index contributed by atoms with van der Waals surface area (Å²) < 4.78 is 15.2. The Morgan fingerprint density at radius 1 is 1.03 bits per heavy atom. The molecule has 5 N–H and O–H groups in total. The average molecular weight is 422 g/mol. The van der Waals surface area contributed by atoms with Crippen LogP contribution in [0.4, 0.5) is 21.5 Å². The van der Waals surface area contributed by atoms with E-state index < -0.39 is 0 Å². The van der Waals surface area contributed by atoms with E-state index in [1.807, 2.05) is 30.3 Å². The molecular weight excluding hydrogens is 393 g/mol. The molecule has 0 radical (unpaired) electrons. The Balaban J connectivity index is 1.37. The van der Waals surface area contributed by atoms with Crippen LogP contribution in [0.25, 0.3) is 6.08 Å². The van der Waals surface area contributed by atoms with Gasteiger partial charge in [0.15, 0.2) is 0 Å². The smallest absolute Gasteiger partial charge is 0.241 e. The maximum atomic E-state index is 15.2. The molecule has 2 saturated heterocycles. The van der Waals surface area contributed by atoms with Gasteiger partial charge in [0, 0.05) is 24.5 Å². The molecule has 2 aliphatic heterocycles. The van der Waals surface area contributed by atoms with Gasteiger partial charge >= 0.3 is 0 Å². The Hall–Kier alpha value is -3.06. The van der Waals surface area contributed by atoms with E-state index in [-0.39, 0.29) is 17.8 Å². The second-order valence-corrected chi connectivity index (χ2v) is 8.50. The van der Waals surface area contributed by atoms with Gasteiger partial charge in [-0.1, -0.05) is 6.07 Å². The quantitative estimate of drug-likeness (QED) is 0.493. The van der Waals surface area contributed by atoms with Crippen LogP contribution in [0, 0.1) is 5.82 Å². The predicted molar refractivity (Wildman–Crippen MR) is 122 cm³/mol. The van der Waals surface area contributed by atoms with Crippen molar-refractivity contribution in [3.63, 3.8) is 0 Å². The fourth-order valence-corrected chi connectivity index (χ4v) is 4.26. The van der Waals surface area contributed by atoms with Gasteiger partial charge in [-0.15, -0.1) is 0 Å². The summed E-state index contributed by atoms with van der Waals surface area (Å²) in [6, 6.07) is 11.0. The minimum absolute atomic E-state index is 0.0222. The molecule has 1 atom stereocenters. The van der Waals surface area contributed by atoms with Crippen LogP contribution < -0.4 is 26.6 Å². The number of rotatable bonds is 6. The van der Waals surface area contributed by atoms with Crippen molar-refractivity contribution in [3.8, 4) is 0 Å². The van der Waals surface area contributed by atoms with Crippen molar-refractivity contribution in [3.05, 3.63) is 59.2 Å². The van der Waals surface area contributed by atoms with Gasteiger partial charge < -0.3 is 26.6 Å². The van der Waals surface area contributed by atoms with Gasteiger partial charge in [-0.25, -0.2) is 4.39 Å². The number of hydrogen-bond acceptors (Lipinski definition) is 5. The van der Waals surface area contributed by atoms with Crippen molar-refractivity contribution in [1.29, 1.82) is 0 Å². The first-order valence-electron chi connectivity index (χ1n) is 11.1. The lowest BCUT2D eigenvalue weighted by Gasteiger charge is -2.16. The number of hydrogen-bond donors (Lipinski definition) is 5. The summed E-state index contributed by atoms with van der Waals surface area (Å²) in [7, 11) is 0. The lowest BCUT2D eigenvalue weighted by atomic mass is 10.0. The second-order valence-electron chi connectivity index (χ2n) is 8.50. The number of carbonyl (C=O) groups excluding carboxylic acids is 1. The topological polar surface area (TPSA) is 77.2 Å². The average Bonchev–Trinajstić information content (AvgIpc) is 3.22. The molecule has 7 heteroatoms. The zero-order valence-corrected chi connectivity index (χ0v) is 17.4. The molecule has 1 aliphatic carbocycles. The third kappa shape index (κ3) is 4.66. The van der Waals surface area contributed by atoms with Gasteiger partial charge in [0.1, 0.15) is 5.82 Å². The van der Waals surface area contributed by atoms with E-state index in [0.717, 1.165) is 68.0 Å². The number of nitrogens with one attached hydrogen (secondary N) is 5. The van der Waals surface area contributed by atoms with Gasteiger partial charge in [-0.05, 0) is 85.7 Å². The highest BCUT2D eigenvalue weighted by Gasteiger charge is 2.28. The molecule has 31 heavy (non-hydrogen) atoms. The standard InChI is InChI=1S/C24H28FN5O/c25-20-12-15(13-22-27-9-10-28-22)11-19(16-6-7-16)23(20)29-17-3-1-4-18(14-17)30-24(31)21-5-2-8-26-21/h1,3-4,11-14,16,21,26-29H,2,5-10H2,(H,30,31)/t21-/m1/s1. The van der Waals surface area contributed by atoms with Crippen molar-refractivity contribution in [2.24, 2.45) is 0 Å². The molecule has 1 amide bonds. The number of anilines is 3. The van der Waals surface area contributed by atoms with Crippen molar-refractivity contribution in [1.82, 2.24) is 16.0 Å². The molecule has 0 unspecified atom stereocenters. The zero-order chi connectivity index (χ0) is 21.2. The Morgan fingerprint density at radius 2 is 1.84 bits per heavy atom. The van der Waals surface area contributed by atoms with Crippen molar-refractivity contribution < 1.29 is 9.18 Å². The molecule has 5 rings (SSSR count). The van der Waals surface area contributed by atoms with Crippen LogP contribution in [-0.2, 0) is 4.79 Å². The van der Waals surface area contributed by atoms with Crippen LogP contribution in [0.3, 0.4) is 0 Å². The number of benzene rings is 2. The van der Waals surface area contributed by atoms with Gasteiger partial charge in [0.25, 0.3) is 0 Å². The fraction of sp³-hybridized carbons (Fsp3) is 0.375. The number of halogens is 1. The Morgan fingerprint density at radius 3 is 2.58 bits per heavy atom. The summed E-state index contributed by atoms with van der Waals surface area (Å²) >= 11 is 0. The molecule has 2 heterocycles. The van der Waals surface area contributed by atoms with E-state index in [4.69, 9.17) is 0 Å². The SMILES string of the molecule is O=C(Nc1cccc(Nc2c(F)cc(C=C3NCCN3)cc2C2CC2)c1)[C@H]1CCCN1. The maximum Gasteiger partial charge on any atom is 0.241 e. The molecule has 1 saturated carbocycles. The van der Waals surface area contributed by atoms with Crippen LogP contribution in [0.15, 0.2) is 42.2 Å². The van der Waals surface area contributed by atoms with E-state index in [1.54, 1.807) is 6.07 Å². The molecule has 2 aromatic rings. The zero-order valence-electron chi connectivity index (χ0n) is 17.4. The molecule has 0 bridgehead atoms. The summed E-state index contributed by atoms with van der Waals surface area (Å²) in [5.74, 6) is 1.03. The molecule has 0 spiro atoms. The van der Waals surface area contributed by atoms with E-state index in [1.165, 1.54) is 0 Å². The van der Waals surface area contributed by atoms with Crippen LogP contribution in [0.1, 0.15) is 42.7 Å². The number of carbonyl (C=O) groups is 1. The van der Waals surface area contributed by atoms with E-state index in [9.17, 15) is 4.79 Å². The van der Waals surface area contributed by atoms with Gasteiger partial charge in [0.2, 0.25) is 5.91 Å². The second kappa shape index (κ2) is 8.59. The summed E-state index contributed by atoms with van der Waals surface area (Å²) in [6.45, 7) is 2.64. The minimum Gasteiger partial charge on any atom is -0.370 e. The summed E-state index contributed by atoms with van der Waals surface area (Å²) in [4.78, 5) is 12.4. The fourth-order valence-electron chi connectivity index (χ4n) is 4.26. The molecule has 3 aliphatic rings. The van der Waals surface area contributed by atoms with E-state index in [2.05, 4.69) is 32.7 Å². The van der Waals surface area contributed by atoms with Gasteiger partial charge in [-0.2, -0.15) is 0 Å². The highest BCUT2D eigenvalue weighted by Crippen LogP contribution is 2.45. The highest BCUT2D eigenvalue weighted by molar-refractivity contribution is 5.95. The monoisotopic (exact) mass is 421 g/mol. The number of amides is 1. The van der Waals surface area contributed by atoms with Crippen LogP contribution in [0.5, 0.6) is 0 Å². The Kier molecular flexibility index (Phi) is 5.51. The first-order valence-corrected chi connectivity index (χ1v) is 11.1. The van der Waals surface area contributed by atoms with Crippen molar-refractivity contribution >= 4 is 29.0 Å². The third-order valence-electron chi connectivity index (χ3n) is 6.00. The lowest BCUT2D eigenvalue weighted by Crippen LogP contribution is -2.35. The summed E-state index contributed by atoms with van der Waals surface area (Å²) in [5.41, 5.74) is 3.85. The molecule has 0 aromatic heterocycles. The molecule has 2 aromatic carbocycles.